The van der Waals surface area contributed by atoms with Crippen molar-refractivity contribution in [1.82, 2.24) is 0 Å². The summed E-state index contributed by atoms with van der Waals surface area (Å²) in [5.41, 5.74) is 0.525. The van der Waals surface area contributed by atoms with Gasteiger partial charge in [-0.25, -0.2) is 8.42 Å². The van der Waals surface area contributed by atoms with Crippen LogP contribution in [-0.4, -0.2) is 19.4 Å². The highest BCUT2D eigenvalue weighted by Crippen LogP contribution is 2.31. The Kier molecular flexibility index (Phi) is 4.89. The summed E-state index contributed by atoms with van der Waals surface area (Å²) >= 11 is 0. The quantitative estimate of drug-likeness (QED) is 0.603. The van der Waals surface area contributed by atoms with Crippen LogP contribution in [0.25, 0.3) is 0 Å². The Morgan fingerprint density at radius 3 is 2.36 bits per heavy atom. The number of hydrogen-bond donors (Lipinski definition) is 2. The van der Waals surface area contributed by atoms with Gasteiger partial charge >= 0.3 is 0 Å². The Morgan fingerprint density at radius 1 is 1.04 bits per heavy atom. The van der Waals surface area contributed by atoms with Gasteiger partial charge in [-0.1, -0.05) is 31.0 Å². The molecule has 0 amide bonds. The number of sulfonamides is 1. The van der Waals surface area contributed by atoms with Crippen molar-refractivity contribution in [1.29, 1.82) is 0 Å². The maximum atomic E-state index is 12.5. The summed E-state index contributed by atoms with van der Waals surface area (Å²) in [6.45, 7) is 0. The molecule has 1 fully saturated rings. The van der Waals surface area contributed by atoms with Crippen LogP contribution in [0.15, 0.2) is 53.4 Å². The number of hydrogen-bond acceptors (Lipinski definition) is 5. The third-order valence-electron chi connectivity index (χ3n) is 4.22. The zero-order valence-electron chi connectivity index (χ0n) is 13.5. The van der Waals surface area contributed by atoms with Gasteiger partial charge in [-0.05, 0) is 37.1 Å². The lowest BCUT2D eigenvalue weighted by Crippen LogP contribution is -2.17. The van der Waals surface area contributed by atoms with Gasteiger partial charge in [-0.2, -0.15) is 0 Å². The SMILES string of the molecule is O=[N+]([O-])c1cc(S(=O)(=O)Nc2ccccc2)ccc1NC1CCCC1. The van der Waals surface area contributed by atoms with E-state index in [1.807, 2.05) is 0 Å². The van der Waals surface area contributed by atoms with Crippen molar-refractivity contribution in [3.63, 3.8) is 0 Å². The highest BCUT2D eigenvalue weighted by molar-refractivity contribution is 7.92. The topological polar surface area (TPSA) is 101 Å². The second kappa shape index (κ2) is 7.10. The Morgan fingerprint density at radius 2 is 1.72 bits per heavy atom. The molecule has 0 aliphatic heterocycles. The molecule has 0 radical (unpaired) electrons. The van der Waals surface area contributed by atoms with E-state index in [9.17, 15) is 18.5 Å². The second-order valence-corrected chi connectivity index (χ2v) is 7.72. The number of benzene rings is 2. The molecule has 2 aromatic carbocycles. The molecule has 7 nitrogen and oxygen atoms in total. The van der Waals surface area contributed by atoms with E-state index in [0.717, 1.165) is 31.7 Å². The summed E-state index contributed by atoms with van der Waals surface area (Å²) in [6.07, 6.45) is 4.12. The fraction of sp³-hybridized carbons (Fsp3) is 0.294. The van der Waals surface area contributed by atoms with E-state index in [1.165, 1.54) is 12.1 Å². The maximum Gasteiger partial charge on any atom is 0.293 e. The highest BCUT2D eigenvalue weighted by Gasteiger charge is 2.24. The van der Waals surface area contributed by atoms with Crippen LogP contribution < -0.4 is 10.0 Å². The molecule has 1 aliphatic carbocycles. The largest absolute Gasteiger partial charge is 0.377 e. The van der Waals surface area contributed by atoms with Gasteiger partial charge in [0, 0.05) is 17.8 Å². The summed E-state index contributed by atoms with van der Waals surface area (Å²) in [5, 5.41) is 14.5. The average Bonchev–Trinajstić information content (AvgIpc) is 3.08. The van der Waals surface area contributed by atoms with Gasteiger partial charge in [0.1, 0.15) is 5.69 Å². The van der Waals surface area contributed by atoms with Gasteiger partial charge in [0.15, 0.2) is 0 Å². The van der Waals surface area contributed by atoms with Crippen LogP contribution in [0.1, 0.15) is 25.7 Å². The van der Waals surface area contributed by atoms with E-state index < -0.39 is 14.9 Å². The van der Waals surface area contributed by atoms with Crippen molar-refractivity contribution in [3.8, 4) is 0 Å². The maximum absolute atomic E-state index is 12.5. The molecule has 132 valence electrons. The van der Waals surface area contributed by atoms with Gasteiger partial charge in [0.05, 0.1) is 9.82 Å². The van der Waals surface area contributed by atoms with Crippen LogP contribution >= 0.6 is 0 Å². The zero-order chi connectivity index (χ0) is 17.9. The normalized spacial score (nSPS) is 15.0. The Bertz CT molecular complexity index is 863. The van der Waals surface area contributed by atoms with Crippen molar-refractivity contribution >= 4 is 27.1 Å². The molecule has 0 saturated heterocycles. The Labute approximate surface area is 146 Å². The third-order valence-corrected chi connectivity index (χ3v) is 5.60. The summed E-state index contributed by atoms with van der Waals surface area (Å²) in [4.78, 5) is 10.7. The molecule has 0 bridgehead atoms. The van der Waals surface area contributed by atoms with E-state index in [4.69, 9.17) is 0 Å². The van der Waals surface area contributed by atoms with E-state index in [1.54, 1.807) is 30.3 Å². The van der Waals surface area contributed by atoms with Crippen molar-refractivity contribution < 1.29 is 13.3 Å². The molecule has 2 aromatic rings. The van der Waals surface area contributed by atoms with Crippen LogP contribution in [0.5, 0.6) is 0 Å². The molecular weight excluding hydrogens is 342 g/mol. The lowest BCUT2D eigenvalue weighted by molar-refractivity contribution is -0.384. The first kappa shape index (κ1) is 17.2. The lowest BCUT2D eigenvalue weighted by Gasteiger charge is -2.14. The first-order valence-corrected chi connectivity index (χ1v) is 9.57. The average molecular weight is 361 g/mol. The minimum Gasteiger partial charge on any atom is -0.377 e. The summed E-state index contributed by atoms with van der Waals surface area (Å²) in [6, 6.07) is 12.6. The van der Waals surface area contributed by atoms with Crippen LogP contribution in [0, 0.1) is 10.1 Å². The molecule has 0 atom stereocenters. The summed E-state index contributed by atoms with van der Waals surface area (Å²) in [7, 11) is -3.90. The first-order chi connectivity index (χ1) is 12.0. The zero-order valence-corrected chi connectivity index (χ0v) is 14.3. The van der Waals surface area contributed by atoms with Crippen molar-refractivity contribution in [3.05, 3.63) is 58.6 Å². The molecule has 1 saturated carbocycles. The number of para-hydroxylation sites is 1. The van der Waals surface area contributed by atoms with Gasteiger partial charge in [0.25, 0.3) is 15.7 Å². The fourth-order valence-electron chi connectivity index (χ4n) is 2.96. The molecule has 3 rings (SSSR count). The lowest BCUT2D eigenvalue weighted by atomic mass is 10.2. The molecular formula is C17H19N3O4S. The van der Waals surface area contributed by atoms with Gasteiger partial charge < -0.3 is 5.32 Å². The molecule has 1 aliphatic rings. The monoisotopic (exact) mass is 361 g/mol. The number of nitro groups is 1. The predicted molar refractivity (Wildman–Crippen MR) is 96.2 cm³/mol. The summed E-state index contributed by atoms with van der Waals surface area (Å²) < 4.78 is 27.4. The van der Waals surface area contributed by atoms with Crippen molar-refractivity contribution in [2.24, 2.45) is 0 Å². The van der Waals surface area contributed by atoms with Crippen molar-refractivity contribution in [2.45, 2.75) is 36.6 Å². The minimum atomic E-state index is -3.90. The number of rotatable bonds is 6. The van der Waals surface area contributed by atoms with Crippen LogP contribution in [0.3, 0.4) is 0 Å². The molecule has 0 unspecified atom stereocenters. The predicted octanol–water partition coefficient (Wildman–Crippen LogP) is 3.75. The number of nitrogens with zero attached hydrogens (tertiary/aromatic N) is 1. The smallest absolute Gasteiger partial charge is 0.293 e. The van der Waals surface area contributed by atoms with Gasteiger partial charge in [-0.3, -0.25) is 14.8 Å². The van der Waals surface area contributed by atoms with E-state index in [0.29, 0.717) is 11.4 Å². The van der Waals surface area contributed by atoms with E-state index >= 15 is 0 Å². The molecule has 8 heteroatoms. The molecule has 0 spiro atoms. The molecule has 25 heavy (non-hydrogen) atoms. The second-order valence-electron chi connectivity index (χ2n) is 6.03. The number of nitro benzene ring substituents is 1. The van der Waals surface area contributed by atoms with E-state index in [-0.39, 0.29) is 16.6 Å². The highest BCUT2D eigenvalue weighted by atomic mass is 32.2. The summed E-state index contributed by atoms with van der Waals surface area (Å²) in [5.74, 6) is 0. The minimum absolute atomic E-state index is 0.139. The van der Waals surface area contributed by atoms with Crippen LogP contribution in [0.2, 0.25) is 0 Å². The Balaban J connectivity index is 1.89. The number of nitrogens with one attached hydrogen (secondary N) is 2. The standard InChI is InChI=1S/C17H19N3O4S/c21-20(22)17-12-15(10-11-16(17)18-13-6-4-5-7-13)25(23,24)19-14-8-2-1-3-9-14/h1-3,8-13,18-19H,4-7H2. The van der Waals surface area contributed by atoms with Gasteiger partial charge in [-0.15, -0.1) is 0 Å². The van der Waals surface area contributed by atoms with E-state index in [2.05, 4.69) is 10.0 Å². The van der Waals surface area contributed by atoms with Crippen LogP contribution in [-0.2, 0) is 10.0 Å². The molecule has 0 aromatic heterocycles. The fourth-order valence-corrected chi connectivity index (χ4v) is 4.04. The Hall–Kier alpha value is -2.61. The van der Waals surface area contributed by atoms with Crippen molar-refractivity contribution in [2.75, 3.05) is 10.0 Å². The number of anilines is 2. The first-order valence-electron chi connectivity index (χ1n) is 8.08. The molecule has 0 heterocycles. The van der Waals surface area contributed by atoms with Gasteiger partial charge in [0.2, 0.25) is 0 Å². The third kappa shape index (κ3) is 4.08. The van der Waals surface area contributed by atoms with Crippen LogP contribution in [0.4, 0.5) is 17.1 Å². The molecule has 2 N–H and O–H groups in total.